The van der Waals surface area contributed by atoms with Crippen LogP contribution in [0.15, 0.2) is 0 Å². The second-order valence-corrected chi connectivity index (χ2v) is 7.69. The van der Waals surface area contributed by atoms with Crippen molar-refractivity contribution in [3.8, 4) is 0 Å². The highest BCUT2D eigenvalue weighted by Gasteiger charge is 2.34. The summed E-state index contributed by atoms with van der Waals surface area (Å²) in [6, 6.07) is 0. The van der Waals surface area contributed by atoms with Gasteiger partial charge in [-0.1, -0.05) is 6.42 Å². The normalized spacial score (nSPS) is 25.6. The van der Waals surface area contributed by atoms with Crippen molar-refractivity contribution in [1.82, 2.24) is 0 Å². The molecule has 0 aromatic rings. The molecule has 2 atom stereocenters. The topological polar surface area (TPSA) is 71.1 Å². The van der Waals surface area contributed by atoms with Crippen LogP contribution in [0.4, 0.5) is 9.59 Å². The van der Waals surface area contributed by atoms with E-state index in [0.29, 0.717) is 12.8 Å². The standard InChI is InChI=1S/C18H30O6/c1-18(2,3)24-17(20)23-15-12-8-7-11-14(15)22-16(19)21-13-9-5-4-6-10-13/h13-15H,4-12H2,1-3H3. The van der Waals surface area contributed by atoms with Gasteiger partial charge in [-0.15, -0.1) is 0 Å². The molecule has 0 spiro atoms. The van der Waals surface area contributed by atoms with E-state index in [9.17, 15) is 9.59 Å². The molecule has 0 N–H and O–H groups in total. The summed E-state index contributed by atoms with van der Waals surface area (Å²) in [5, 5.41) is 0. The molecule has 138 valence electrons. The molecule has 2 aliphatic carbocycles. The number of carbonyl (C=O) groups is 2. The van der Waals surface area contributed by atoms with Crippen molar-refractivity contribution in [2.45, 2.75) is 102 Å². The van der Waals surface area contributed by atoms with E-state index in [1.54, 1.807) is 20.8 Å². The molecule has 6 heteroatoms. The highest BCUT2D eigenvalue weighted by atomic mass is 16.8. The maximum atomic E-state index is 12.0. The number of carbonyl (C=O) groups excluding carboxylic acids is 2. The summed E-state index contributed by atoms with van der Waals surface area (Å²) in [7, 11) is 0. The molecule has 0 aliphatic heterocycles. The van der Waals surface area contributed by atoms with Crippen molar-refractivity contribution in [3.05, 3.63) is 0 Å². The fourth-order valence-electron chi connectivity index (χ4n) is 3.20. The number of ether oxygens (including phenoxy) is 4. The number of hydrogen-bond acceptors (Lipinski definition) is 6. The van der Waals surface area contributed by atoms with Gasteiger partial charge in [0.05, 0.1) is 0 Å². The zero-order valence-corrected chi connectivity index (χ0v) is 15.0. The molecular formula is C18H30O6. The van der Waals surface area contributed by atoms with E-state index in [4.69, 9.17) is 18.9 Å². The first-order valence-corrected chi connectivity index (χ1v) is 9.10. The van der Waals surface area contributed by atoms with Crippen molar-refractivity contribution < 1.29 is 28.5 Å². The third-order valence-electron chi connectivity index (χ3n) is 4.34. The highest BCUT2D eigenvalue weighted by Crippen LogP contribution is 2.26. The Morgan fingerprint density at radius 1 is 0.708 bits per heavy atom. The third kappa shape index (κ3) is 6.57. The van der Waals surface area contributed by atoms with Crippen LogP contribution in [0.25, 0.3) is 0 Å². The van der Waals surface area contributed by atoms with Crippen molar-refractivity contribution in [1.29, 1.82) is 0 Å². The monoisotopic (exact) mass is 342 g/mol. The van der Waals surface area contributed by atoms with Crippen molar-refractivity contribution in [3.63, 3.8) is 0 Å². The van der Waals surface area contributed by atoms with Gasteiger partial charge in [0.1, 0.15) is 23.9 Å². The maximum absolute atomic E-state index is 12.0. The van der Waals surface area contributed by atoms with Gasteiger partial charge >= 0.3 is 12.3 Å². The van der Waals surface area contributed by atoms with Gasteiger partial charge in [0.2, 0.25) is 0 Å². The summed E-state index contributed by atoms with van der Waals surface area (Å²) in [5.74, 6) is 0. The van der Waals surface area contributed by atoms with E-state index in [0.717, 1.165) is 38.5 Å². The zero-order valence-electron chi connectivity index (χ0n) is 15.0. The average molecular weight is 342 g/mol. The number of hydrogen-bond donors (Lipinski definition) is 0. The van der Waals surface area contributed by atoms with E-state index in [2.05, 4.69) is 0 Å². The molecule has 0 amide bonds. The lowest BCUT2D eigenvalue weighted by Crippen LogP contribution is -2.39. The van der Waals surface area contributed by atoms with Gasteiger partial charge in [-0.25, -0.2) is 9.59 Å². The quantitative estimate of drug-likeness (QED) is 0.690. The Balaban J connectivity index is 1.82. The van der Waals surface area contributed by atoms with Crippen molar-refractivity contribution in [2.75, 3.05) is 0 Å². The van der Waals surface area contributed by atoms with Crippen LogP contribution in [0.3, 0.4) is 0 Å². The first kappa shape index (κ1) is 18.9. The Kier molecular flexibility index (Phi) is 6.75. The molecule has 2 fully saturated rings. The molecule has 2 rings (SSSR count). The van der Waals surface area contributed by atoms with E-state index in [-0.39, 0.29) is 6.10 Å². The van der Waals surface area contributed by atoms with Crippen LogP contribution in [0, 0.1) is 0 Å². The van der Waals surface area contributed by atoms with Crippen LogP contribution in [0.2, 0.25) is 0 Å². The van der Waals surface area contributed by atoms with Crippen molar-refractivity contribution in [2.24, 2.45) is 0 Å². The van der Waals surface area contributed by atoms with Gasteiger partial charge < -0.3 is 18.9 Å². The van der Waals surface area contributed by atoms with E-state index in [1.807, 2.05) is 0 Å². The highest BCUT2D eigenvalue weighted by molar-refractivity contribution is 5.62. The second-order valence-electron chi connectivity index (χ2n) is 7.69. The lowest BCUT2D eigenvalue weighted by Gasteiger charge is -2.31. The fourth-order valence-corrected chi connectivity index (χ4v) is 3.20. The minimum absolute atomic E-state index is 0.0416. The van der Waals surface area contributed by atoms with Gasteiger partial charge in [0, 0.05) is 0 Å². The molecule has 24 heavy (non-hydrogen) atoms. The van der Waals surface area contributed by atoms with Crippen molar-refractivity contribution >= 4 is 12.3 Å². The molecular weight excluding hydrogens is 312 g/mol. The van der Waals surface area contributed by atoms with E-state index >= 15 is 0 Å². The Morgan fingerprint density at radius 2 is 1.21 bits per heavy atom. The molecule has 2 aliphatic rings. The molecule has 2 unspecified atom stereocenters. The molecule has 0 bridgehead atoms. The molecule has 0 aromatic carbocycles. The predicted octanol–water partition coefficient (Wildman–Crippen LogP) is 4.74. The number of rotatable bonds is 3. The summed E-state index contributed by atoms with van der Waals surface area (Å²) in [6.07, 6.45) is 6.06. The Hall–Kier alpha value is -1.46. The summed E-state index contributed by atoms with van der Waals surface area (Å²) in [6.45, 7) is 5.35. The Labute approximate surface area is 144 Å². The van der Waals surface area contributed by atoms with Gasteiger partial charge in [0.25, 0.3) is 0 Å². The molecule has 0 heterocycles. The van der Waals surface area contributed by atoms with Crippen LogP contribution in [-0.4, -0.2) is 36.2 Å². The molecule has 2 saturated carbocycles. The predicted molar refractivity (Wildman–Crippen MR) is 87.8 cm³/mol. The van der Waals surface area contributed by atoms with Crippen LogP contribution >= 0.6 is 0 Å². The second kappa shape index (κ2) is 8.58. The summed E-state index contributed by atoms with van der Waals surface area (Å²) < 4.78 is 21.4. The van der Waals surface area contributed by atoms with E-state index < -0.39 is 30.1 Å². The smallest absolute Gasteiger partial charge is 0.431 e. The summed E-state index contributed by atoms with van der Waals surface area (Å²) in [4.78, 5) is 23.9. The molecule has 0 radical (unpaired) electrons. The fraction of sp³-hybridized carbons (Fsp3) is 0.889. The van der Waals surface area contributed by atoms with E-state index in [1.165, 1.54) is 6.42 Å². The lowest BCUT2D eigenvalue weighted by atomic mass is 9.94. The first-order chi connectivity index (χ1) is 11.3. The average Bonchev–Trinajstić information content (AvgIpc) is 2.48. The van der Waals surface area contributed by atoms with Crippen LogP contribution in [0.1, 0.15) is 78.6 Å². The molecule has 6 nitrogen and oxygen atoms in total. The van der Waals surface area contributed by atoms with Gasteiger partial charge in [0.15, 0.2) is 0 Å². The van der Waals surface area contributed by atoms with Crippen LogP contribution in [-0.2, 0) is 18.9 Å². The summed E-state index contributed by atoms with van der Waals surface area (Å²) in [5.41, 5.74) is -0.609. The minimum Gasteiger partial charge on any atom is -0.431 e. The first-order valence-electron chi connectivity index (χ1n) is 9.10. The van der Waals surface area contributed by atoms with Gasteiger partial charge in [-0.2, -0.15) is 0 Å². The van der Waals surface area contributed by atoms with Crippen LogP contribution in [0.5, 0.6) is 0 Å². The lowest BCUT2D eigenvalue weighted by molar-refractivity contribution is -0.0911. The molecule has 0 aromatic heterocycles. The largest absolute Gasteiger partial charge is 0.509 e. The van der Waals surface area contributed by atoms with Crippen LogP contribution < -0.4 is 0 Å². The Morgan fingerprint density at radius 3 is 1.75 bits per heavy atom. The van der Waals surface area contributed by atoms with Gasteiger partial charge in [-0.05, 0) is 72.1 Å². The minimum atomic E-state index is -0.719. The zero-order chi connectivity index (χ0) is 17.6. The summed E-state index contributed by atoms with van der Waals surface area (Å²) >= 11 is 0. The maximum Gasteiger partial charge on any atom is 0.509 e. The van der Waals surface area contributed by atoms with Gasteiger partial charge in [-0.3, -0.25) is 0 Å². The third-order valence-corrected chi connectivity index (χ3v) is 4.34. The molecule has 0 saturated heterocycles. The Bertz CT molecular complexity index is 422. The SMILES string of the molecule is CC(C)(C)OC(=O)OC1CCCCC1OC(=O)OC1CCCCC1.